The van der Waals surface area contributed by atoms with E-state index >= 15 is 0 Å². The second-order valence-electron chi connectivity index (χ2n) is 4.63. The first kappa shape index (κ1) is 15.9. The van der Waals surface area contributed by atoms with Crippen molar-refractivity contribution in [1.29, 1.82) is 0 Å². The van der Waals surface area contributed by atoms with Gasteiger partial charge in [-0.15, -0.1) is 0 Å². The topological polar surface area (TPSA) is 61.0 Å². The van der Waals surface area contributed by atoms with Crippen molar-refractivity contribution < 1.29 is 13.7 Å². The van der Waals surface area contributed by atoms with Crippen LogP contribution >= 0.6 is 27.5 Å². The number of rotatable bonds is 4. The van der Waals surface area contributed by atoms with Gasteiger partial charge in [-0.2, -0.15) is 4.98 Å². The molecule has 0 fully saturated rings. The molecular weight excluding hydrogens is 389 g/mol. The van der Waals surface area contributed by atoms with Gasteiger partial charge in [0, 0.05) is 10.7 Å². The molecular formula is C15H10BrClFN3O2. The molecule has 0 aliphatic carbocycles. The highest BCUT2D eigenvalue weighted by Gasteiger charge is 2.20. The summed E-state index contributed by atoms with van der Waals surface area (Å²) in [5, 5.41) is 4.26. The highest BCUT2D eigenvalue weighted by atomic mass is 79.9. The molecule has 3 aromatic rings. The molecule has 0 saturated carbocycles. The highest BCUT2D eigenvalue weighted by molar-refractivity contribution is 9.10. The maximum Gasteiger partial charge on any atom is 0.279 e. The van der Waals surface area contributed by atoms with Crippen LogP contribution < -0.4 is 4.74 Å². The summed E-state index contributed by atoms with van der Waals surface area (Å²) < 4.78 is 25.3. The van der Waals surface area contributed by atoms with Gasteiger partial charge in [-0.1, -0.05) is 32.7 Å². The predicted molar refractivity (Wildman–Crippen MR) is 85.7 cm³/mol. The zero-order valence-corrected chi connectivity index (χ0v) is 14.2. The molecule has 2 heterocycles. The van der Waals surface area contributed by atoms with Crippen molar-refractivity contribution in [2.24, 2.45) is 0 Å². The van der Waals surface area contributed by atoms with Crippen LogP contribution in [-0.4, -0.2) is 15.1 Å². The third-order valence-corrected chi connectivity index (χ3v) is 3.75. The molecule has 8 heteroatoms. The number of ether oxygens (including phenoxy) is 1. The van der Waals surface area contributed by atoms with Crippen LogP contribution in [0.1, 0.15) is 18.9 Å². The van der Waals surface area contributed by atoms with Gasteiger partial charge in [0.15, 0.2) is 17.6 Å². The van der Waals surface area contributed by atoms with Crippen LogP contribution in [0.4, 0.5) is 4.39 Å². The van der Waals surface area contributed by atoms with E-state index in [4.69, 9.17) is 20.9 Å². The number of nitrogens with zero attached hydrogens (tertiary/aromatic N) is 3. The van der Waals surface area contributed by atoms with Gasteiger partial charge in [0.2, 0.25) is 5.82 Å². The number of pyridine rings is 1. The van der Waals surface area contributed by atoms with E-state index in [0.29, 0.717) is 10.8 Å². The summed E-state index contributed by atoms with van der Waals surface area (Å²) >= 11 is 9.43. The summed E-state index contributed by atoms with van der Waals surface area (Å²) in [6.07, 6.45) is 0.919. The fourth-order valence-electron chi connectivity index (χ4n) is 1.85. The Hall–Kier alpha value is -1.99. The van der Waals surface area contributed by atoms with Crippen LogP contribution in [-0.2, 0) is 0 Å². The van der Waals surface area contributed by atoms with Crippen LogP contribution in [0.5, 0.6) is 5.75 Å². The van der Waals surface area contributed by atoms with Gasteiger partial charge in [0.05, 0.1) is 5.02 Å². The van der Waals surface area contributed by atoms with Gasteiger partial charge < -0.3 is 9.26 Å². The van der Waals surface area contributed by atoms with Gasteiger partial charge in [-0.25, -0.2) is 9.37 Å². The summed E-state index contributed by atoms with van der Waals surface area (Å²) in [5.74, 6) is 0.212. The lowest BCUT2D eigenvalue weighted by molar-refractivity contribution is 0.211. The minimum Gasteiger partial charge on any atom is -0.481 e. The van der Waals surface area contributed by atoms with Crippen LogP contribution in [0.2, 0.25) is 5.02 Å². The third-order valence-electron chi connectivity index (χ3n) is 2.96. The Morgan fingerprint density at radius 1 is 1.35 bits per heavy atom. The van der Waals surface area contributed by atoms with Gasteiger partial charge in [-0.05, 0) is 37.3 Å². The van der Waals surface area contributed by atoms with Crippen molar-refractivity contribution in [1.82, 2.24) is 15.1 Å². The smallest absolute Gasteiger partial charge is 0.279 e. The molecule has 0 amide bonds. The fraction of sp³-hybridized carbons (Fsp3) is 0.133. The molecule has 23 heavy (non-hydrogen) atoms. The molecule has 0 radical (unpaired) electrons. The lowest BCUT2D eigenvalue weighted by Crippen LogP contribution is -2.05. The maximum atomic E-state index is 13.7. The van der Waals surface area contributed by atoms with Crippen LogP contribution in [0.25, 0.3) is 11.6 Å². The molecule has 0 spiro atoms. The maximum absolute atomic E-state index is 13.7. The summed E-state index contributed by atoms with van der Waals surface area (Å²) in [7, 11) is 0. The quantitative estimate of drug-likeness (QED) is 0.630. The van der Waals surface area contributed by atoms with Crippen LogP contribution in [0, 0.1) is 5.82 Å². The first-order valence-electron chi connectivity index (χ1n) is 6.61. The van der Waals surface area contributed by atoms with Crippen molar-refractivity contribution >= 4 is 27.5 Å². The number of hydrogen-bond acceptors (Lipinski definition) is 5. The first-order valence-corrected chi connectivity index (χ1v) is 7.78. The van der Waals surface area contributed by atoms with Crippen LogP contribution in [0.3, 0.4) is 0 Å². The molecule has 0 saturated heterocycles. The summed E-state index contributed by atoms with van der Waals surface area (Å²) in [6, 6.07) is 8.00. The van der Waals surface area contributed by atoms with Crippen molar-refractivity contribution in [3.63, 3.8) is 0 Å². The van der Waals surface area contributed by atoms with Gasteiger partial charge in [-0.3, -0.25) is 0 Å². The lowest BCUT2D eigenvalue weighted by atomic mass is 10.3. The predicted octanol–water partition coefficient (Wildman–Crippen LogP) is 4.83. The average Bonchev–Trinajstić information content (AvgIpc) is 3.00. The second kappa shape index (κ2) is 6.64. The Bertz CT molecular complexity index is 843. The van der Waals surface area contributed by atoms with Gasteiger partial charge in [0.1, 0.15) is 5.75 Å². The SMILES string of the molecule is CC(Oc1ccc(Br)cc1Cl)c1noc(-c2ncccc2F)n1. The first-order chi connectivity index (χ1) is 11.0. The largest absolute Gasteiger partial charge is 0.481 e. The van der Waals surface area contributed by atoms with Crippen molar-refractivity contribution in [3.05, 3.63) is 57.7 Å². The van der Waals surface area contributed by atoms with Crippen molar-refractivity contribution in [2.45, 2.75) is 13.0 Å². The monoisotopic (exact) mass is 397 g/mol. The molecule has 1 aromatic carbocycles. The minimum absolute atomic E-state index is 0.000115. The van der Waals surface area contributed by atoms with E-state index in [2.05, 4.69) is 31.1 Å². The molecule has 3 rings (SSSR count). The standard InChI is InChI=1S/C15H10BrClFN3O2/c1-8(22-12-5-4-9(16)7-10(12)17)14-20-15(23-21-14)13-11(18)3-2-6-19-13/h2-8H,1H3. The third kappa shape index (κ3) is 3.51. The summed E-state index contributed by atoms with van der Waals surface area (Å²) in [6.45, 7) is 1.74. The van der Waals surface area contributed by atoms with E-state index in [1.807, 2.05) is 0 Å². The summed E-state index contributed by atoms with van der Waals surface area (Å²) in [4.78, 5) is 8.02. The van der Waals surface area contributed by atoms with E-state index in [9.17, 15) is 4.39 Å². The normalized spacial score (nSPS) is 12.2. The van der Waals surface area contributed by atoms with E-state index in [1.54, 1.807) is 25.1 Å². The van der Waals surface area contributed by atoms with E-state index in [1.165, 1.54) is 18.3 Å². The molecule has 0 aliphatic heterocycles. The fourth-order valence-corrected chi connectivity index (χ4v) is 2.57. The molecule has 1 unspecified atom stereocenters. The second-order valence-corrected chi connectivity index (χ2v) is 5.95. The lowest BCUT2D eigenvalue weighted by Gasteiger charge is -2.12. The Morgan fingerprint density at radius 2 is 2.17 bits per heavy atom. The average molecular weight is 399 g/mol. The number of halogens is 3. The Balaban J connectivity index is 1.81. The molecule has 0 aliphatic rings. The molecule has 0 bridgehead atoms. The Labute approximate surface area is 144 Å². The minimum atomic E-state index is -0.535. The van der Waals surface area contributed by atoms with E-state index in [-0.39, 0.29) is 17.4 Å². The number of hydrogen-bond donors (Lipinski definition) is 0. The molecule has 118 valence electrons. The molecule has 1 atom stereocenters. The Kier molecular flexibility index (Phi) is 4.58. The zero-order valence-electron chi connectivity index (χ0n) is 11.8. The van der Waals surface area contributed by atoms with Gasteiger partial charge in [0.25, 0.3) is 5.89 Å². The van der Waals surface area contributed by atoms with Crippen molar-refractivity contribution in [2.75, 3.05) is 0 Å². The number of benzene rings is 1. The molecule has 5 nitrogen and oxygen atoms in total. The Morgan fingerprint density at radius 3 is 2.91 bits per heavy atom. The van der Waals surface area contributed by atoms with Crippen molar-refractivity contribution in [3.8, 4) is 17.3 Å². The van der Waals surface area contributed by atoms with Gasteiger partial charge >= 0.3 is 0 Å². The van der Waals surface area contributed by atoms with Crippen LogP contribution in [0.15, 0.2) is 45.5 Å². The molecule has 0 N–H and O–H groups in total. The highest BCUT2D eigenvalue weighted by Crippen LogP contribution is 2.31. The zero-order chi connectivity index (χ0) is 16.4. The van der Waals surface area contributed by atoms with E-state index in [0.717, 1.165) is 4.47 Å². The summed E-state index contributed by atoms with van der Waals surface area (Å²) in [5.41, 5.74) is 0.000115. The van der Waals surface area contributed by atoms with E-state index < -0.39 is 11.9 Å². The number of aromatic nitrogens is 3. The molecule has 2 aromatic heterocycles.